The van der Waals surface area contributed by atoms with E-state index in [1.165, 1.54) is 36.1 Å². The fourth-order valence-corrected chi connectivity index (χ4v) is 4.97. The van der Waals surface area contributed by atoms with E-state index in [4.69, 9.17) is 4.74 Å². The monoisotopic (exact) mass is 337 g/mol. The summed E-state index contributed by atoms with van der Waals surface area (Å²) >= 11 is 3.59. The molecule has 0 radical (unpaired) electrons. The molecule has 0 saturated heterocycles. The number of thiophene rings is 1. The Labute approximate surface area is 140 Å². The lowest BCUT2D eigenvalue weighted by Crippen LogP contribution is -2.10. The molecule has 0 saturated carbocycles. The van der Waals surface area contributed by atoms with Crippen molar-refractivity contribution in [3.8, 4) is 10.7 Å². The van der Waals surface area contributed by atoms with Gasteiger partial charge in [-0.15, -0.1) is 21.5 Å². The summed E-state index contributed by atoms with van der Waals surface area (Å²) in [6.45, 7) is 3.04. The zero-order valence-corrected chi connectivity index (χ0v) is 15.1. The standard InChI is InChI=1S/C16H23N3OS2/c1-4-11-5-6-13-12(9-11)10-14(22-13)15-17-18-16(19(15)2)21-8-7-20-3/h10-11H,4-9H2,1-3H3. The predicted molar refractivity (Wildman–Crippen MR) is 92.7 cm³/mol. The summed E-state index contributed by atoms with van der Waals surface area (Å²) in [6.07, 6.45) is 5.08. The van der Waals surface area contributed by atoms with Crippen molar-refractivity contribution in [2.45, 2.75) is 37.8 Å². The zero-order valence-electron chi connectivity index (χ0n) is 13.5. The molecule has 1 atom stereocenters. The minimum absolute atomic E-state index is 0.735. The van der Waals surface area contributed by atoms with Crippen LogP contribution in [0.3, 0.4) is 0 Å². The summed E-state index contributed by atoms with van der Waals surface area (Å²) in [5.41, 5.74) is 1.54. The average Bonchev–Trinajstić information content (AvgIpc) is 3.10. The van der Waals surface area contributed by atoms with Gasteiger partial charge in [0.2, 0.25) is 0 Å². The average molecular weight is 338 g/mol. The molecule has 1 aliphatic rings. The summed E-state index contributed by atoms with van der Waals surface area (Å²) in [7, 11) is 3.78. The summed E-state index contributed by atoms with van der Waals surface area (Å²) < 4.78 is 7.20. The number of aryl methyl sites for hydroxylation is 1. The van der Waals surface area contributed by atoms with E-state index >= 15 is 0 Å². The van der Waals surface area contributed by atoms with Crippen LogP contribution in [0.1, 0.15) is 30.2 Å². The molecule has 0 amide bonds. The lowest BCUT2D eigenvalue weighted by Gasteiger charge is -2.19. The van der Waals surface area contributed by atoms with Gasteiger partial charge in [0.25, 0.3) is 0 Å². The minimum atomic E-state index is 0.735. The van der Waals surface area contributed by atoms with Crippen molar-refractivity contribution < 1.29 is 4.74 Å². The lowest BCUT2D eigenvalue weighted by molar-refractivity contribution is 0.218. The zero-order chi connectivity index (χ0) is 15.5. The van der Waals surface area contributed by atoms with Crippen LogP contribution in [0.4, 0.5) is 0 Å². The minimum Gasteiger partial charge on any atom is -0.384 e. The Bertz CT molecular complexity index is 635. The van der Waals surface area contributed by atoms with Crippen molar-refractivity contribution >= 4 is 23.1 Å². The van der Waals surface area contributed by atoms with Crippen LogP contribution in [0, 0.1) is 5.92 Å². The summed E-state index contributed by atoms with van der Waals surface area (Å²) in [4.78, 5) is 2.81. The van der Waals surface area contributed by atoms with E-state index in [9.17, 15) is 0 Å². The third-order valence-corrected chi connectivity index (χ3v) is 6.55. The molecule has 22 heavy (non-hydrogen) atoms. The molecule has 0 bridgehead atoms. The van der Waals surface area contributed by atoms with Crippen LogP contribution in [0.5, 0.6) is 0 Å². The number of aromatic nitrogens is 3. The molecular weight excluding hydrogens is 314 g/mol. The van der Waals surface area contributed by atoms with E-state index in [0.717, 1.165) is 29.3 Å². The molecule has 3 rings (SSSR count). The third kappa shape index (κ3) is 3.24. The number of hydrogen-bond donors (Lipinski definition) is 0. The number of hydrogen-bond acceptors (Lipinski definition) is 5. The van der Waals surface area contributed by atoms with Crippen molar-refractivity contribution in [3.63, 3.8) is 0 Å². The van der Waals surface area contributed by atoms with E-state index in [1.807, 2.05) is 11.3 Å². The van der Waals surface area contributed by atoms with E-state index < -0.39 is 0 Å². The smallest absolute Gasteiger partial charge is 0.191 e. The normalized spacial score (nSPS) is 17.7. The topological polar surface area (TPSA) is 39.9 Å². The number of ether oxygens (including phenoxy) is 1. The maximum absolute atomic E-state index is 5.09. The fraction of sp³-hybridized carbons (Fsp3) is 0.625. The molecule has 120 valence electrons. The second kappa shape index (κ2) is 7.15. The molecule has 4 nitrogen and oxygen atoms in total. The second-order valence-electron chi connectivity index (χ2n) is 5.78. The van der Waals surface area contributed by atoms with Gasteiger partial charge in [0, 0.05) is 24.8 Å². The van der Waals surface area contributed by atoms with Crippen molar-refractivity contribution in [1.82, 2.24) is 14.8 Å². The van der Waals surface area contributed by atoms with Crippen LogP contribution in [0.2, 0.25) is 0 Å². The van der Waals surface area contributed by atoms with Crippen LogP contribution < -0.4 is 0 Å². The van der Waals surface area contributed by atoms with Gasteiger partial charge in [0.1, 0.15) is 0 Å². The fourth-order valence-electron chi connectivity index (χ4n) is 2.93. The molecule has 0 N–H and O–H groups in total. The van der Waals surface area contributed by atoms with Gasteiger partial charge in [-0.3, -0.25) is 0 Å². The Morgan fingerprint density at radius 2 is 2.32 bits per heavy atom. The van der Waals surface area contributed by atoms with Crippen LogP contribution in [-0.2, 0) is 24.6 Å². The Morgan fingerprint density at radius 1 is 1.45 bits per heavy atom. The van der Waals surface area contributed by atoms with Gasteiger partial charge in [-0.25, -0.2) is 0 Å². The first-order chi connectivity index (χ1) is 10.7. The largest absolute Gasteiger partial charge is 0.384 e. The quantitative estimate of drug-likeness (QED) is 0.594. The molecular formula is C16H23N3OS2. The number of nitrogens with zero attached hydrogens (tertiary/aromatic N) is 3. The van der Waals surface area contributed by atoms with Crippen LogP contribution in [0.15, 0.2) is 11.2 Å². The van der Waals surface area contributed by atoms with E-state index in [-0.39, 0.29) is 0 Å². The maximum Gasteiger partial charge on any atom is 0.191 e. The molecule has 6 heteroatoms. The first-order valence-corrected chi connectivity index (χ1v) is 9.66. The maximum atomic E-state index is 5.09. The van der Waals surface area contributed by atoms with Gasteiger partial charge in [-0.1, -0.05) is 25.1 Å². The van der Waals surface area contributed by atoms with E-state index in [0.29, 0.717) is 0 Å². The van der Waals surface area contributed by atoms with Crippen molar-refractivity contribution in [1.29, 1.82) is 0 Å². The van der Waals surface area contributed by atoms with Crippen LogP contribution >= 0.6 is 23.1 Å². The van der Waals surface area contributed by atoms with Crippen molar-refractivity contribution in [2.24, 2.45) is 13.0 Å². The number of rotatable bonds is 6. The first kappa shape index (κ1) is 16.0. The van der Waals surface area contributed by atoms with Crippen LogP contribution in [0.25, 0.3) is 10.7 Å². The predicted octanol–water partition coefficient (Wildman–Crippen LogP) is 3.80. The van der Waals surface area contributed by atoms with Crippen molar-refractivity contribution in [3.05, 3.63) is 16.5 Å². The highest BCUT2D eigenvalue weighted by Gasteiger charge is 2.22. The number of methoxy groups -OCH3 is 1. The number of fused-ring (bicyclic) bond motifs is 1. The summed E-state index contributed by atoms with van der Waals surface area (Å²) in [5, 5.41) is 9.70. The first-order valence-electron chi connectivity index (χ1n) is 7.86. The Kier molecular flexibility index (Phi) is 5.21. The SMILES string of the molecule is CCC1CCc2sc(-c3nnc(SCCOC)n3C)cc2C1. The van der Waals surface area contributed by atoms with Crippen LogP contribution in [-0.4, -0.2) is 34.2 Å². The highest BCUT2D eigenvalue weighted by Crippen LogP contribution is 2.37. The van der Waals surface area contributed by atoms with E-state index in [2.05, 4.69) is 34.8 Å². The summed E-state index contributed by atoms with van der Waals surface area (Å²) in [5.74, 6) is 2.75. The molecule has 1 unspecified atom stereocenters. The van der Waals surface area contributed by atoms with Gasteiger partial charge >= 0.3 is 0 Å². The molecule has 2 aromatic heterocycles. The molecule has 0 spiro atoms. The highest BCUT2D eigenvalue weighted by atomic mass is 32.2. The molecule has 0 aliphatic heterocycles. The lowest BCUT2D eigenvalue weighted by atomic mass is 9.87. The second-order valence-corrected chi connectivity index (χ2v) is 7.98. The Balaban J connectivity index is 1.79. The van der Waals surface area contributed by atoms with Gasteiger partial charge in [0.15, 0.2) is 11.0 Å². The van der Waals surface area contributed by atoms with Gasteiger partial charge in [-0.2, -0.15) is 0 Å². The molecule has 0 fully saturated rings. The molecule has 0 aromatic carbocycles. The Morgan fingerprint density at radius 3 is 3.09 bits per heavy atom. The van der Waals surface area contributed by atoms with E-state index in [1.54, 1.807) is 23.7 Å². The summed E-state index contributed by atoms with van der Waals surface area (Å²) in [6, 6.07) is 2.34. The van der Waals surface area contributed by atoms with Crippen molar-refractivity contribution in [2.75, 3.05) is 19.5 Å². The van der Waals surface area contributed by atoms with Gasteiger partial charge in [-0.05, 0) is 36.8 Å². The number of thioether (sulfide) groups is 1. The molecule has 1 aliphatic carbocycles. The molecule has 2 heterocycles. The highest BCUT2D eigenvalue weighted by molar-refractivity contribution is 7.99. The van der Waals surface area contributed by atoms with Gasteiger partial charge < -0.3 is 9.30 Å². The Hall–Kier alpha value is -0.850. The third-order valence-electron chi connectivity index (χ3n) is 4.34. The van der Waals surface area contributed by atoms with Gasteiger partial charge in [0.05, 0.1) is 11.5 Å². The molecule has 2 aromatic rings.